The van der Waals surface area contributed by atoms with Gasteiger partial charge in [0.25, 0.3) is 0 Å². The molecule has 5 rings (SSSR count). The van der Waals surface area contributed by atoms with Crippen LogP contribution >= 0.6 is 0 Å². The number of methoxy groups -OCH3 is 1. The number of hydrogen-bond acceptors (Lipinski definition) is 7. The molecule has 4 N–H and O–H groups in total. The summed E-state index contributed by atoms with van der Waals surface area (Å²) >= 11 is 0. The summed E-state index contributed by atoms with van der Waals surface area (Å²) in [7, 11) is 1.15. The molecule has 4 aliphatic rings. The lowest BCUT2D eigenvalue weighted by molar-refractivity contribution is -0.148. The number of carbonyl (C=O) groups is 3. The van der Waals surface area contributed by atoms with Crippen LogP contribution in [0.25, 0.3) is 0 Å². The molecule has 4 aliphatic carbocycles. The molecule has 2 bridgehead atoms. The van der Waals surface area contributed by atoms with Gasteiger partial charge in [-0.25, -0.2) is 4.79 Å². The van der Waals surface area contributed by atoms with Gasteiger partial charge in [0.15, 0.2) is 11.5 Å². The second-order valence-corrected chi connectivity index (χ2v) is 9.69. The van der Waals surface area contributed by atoms with E-state index in [2.05, 4.69) is 16.6 Å². The number of hydrogen-bond donors (Lipinski definition) is 4. The quantitative estimate of drug-likeness (QED) is 0.305. The fourth-order valence-electron chi connectivity index (χ4n) is 6.02. The fraction of sp³-hybridized carbons (Fsp3) is 0.480. The number of ketones is 1. The van der Waals surface area contributed by atoms with E-state index in [1.165, 1.54) is 18.2 Å². The van der Waals surface area contributed by atoms with Gasteiger partial charge < -0.3 is 25.4 Å². The standard InChI is InChI=1S/C25H29NO7/c1-13-12-25-9-6-18(28)24(2,17(25)10-14(13)11-19(25)29)8-7-20(30)26-21-16(27)5-4-15(22(21)31)23(32)33-3/h4-6,9,14,17,19,27,29,31H,1,7-8,10-12H2,2-3H3,(H,26,30)/t14?,17?,19-,24+,25?/m1/s1. The summed E-state index contributed by atoms with van der Waals surface area (Å²) in [4.78, 5) is 37.6. The lowest BCUT2D eigenvalue weighted by Gasteiger charge is -2.61. The van der Waals surface area contributed by atoms with E-state index >= 15 is 0 Å². The predicted octanol–water partition coefficient (Wildman–Crippen LogP) is 3.08. The van der Waals surface area contributed by atoms with Crippen LogP contribution in [0, 0.1) is 22.7 Å². The number of aliphatic hydroxyl groups excluding tert-OH is 1. The summed E-state index contributed by atoms with van der Waals surface area (Å²) in [6, 6.07) is 2.37. The van der Waals surface area contributed by atoms with Crippen molar-refractivity contribution in [3.63, 3.8) is 0 Å². The zero-order valence-corrected chi connectivity index (χ0v) is 18.8. The van der Waals surface area contributed by atoms with Gasteiger partial charge in [-0.05, 0) is 55.7 Å². The average Bonchev–Trinajstić information content (AvgIpc) is 2.78. The van der Waals surface area contributed by atoms with E-state index in [9.17, 15) is 29.7 Å². The van der Waals surface area contributed by atoms with Gasteiger partial charge in [0.2, 0.25) is 5.91 Å². The summed E-state index contributed by atoms with van der Waals surface area (Å²) < 4.78 is 4.60. The molecular weight excluding hydrogens is 426 g/mol. The van der Waals surface area contributed by atoms with Gasteiger partial charge in [0.05, 0.1) is 13.2 Å². The molecule has 0 heterocycles. The summed E-state index contributed by atoms with van der Waals surface area (Å²) in [5.41, 5.74) is -0.768. The lowest BCUT2D eigenvalue weighted by Crippen LogP contribution is -2.59. The second kappa shape index (κ2) is 8.02. The minimum absolute atomic E-state index is 0.0499. The first-order valence-corrected chi connectivity index (χ1v) is 11.1. The van der Waals surface area contributed by atoms with Crippen molar-refractivity contribution in [1.82, 2.24) is 0 Å². The first-order chi connectivity index (χ1) is 15.5. The van der Waals surface area contributed by atoms with Gasteiger partial charge in [0, 0.05) is 17.3 Å². The Morgan fingerprint density at radius 3 is 2.70 bits per heavy atom. The number of nitrogens with one attached hydrogen (secondary N) is 1. The number of phenols is 2. The number of benzene rings is 1. The maximum atomic E-state index is 13.0. The zero-order valence-electron chi connectivity index (χ0n) is 18.8. The molecule has 1 amide bonds. The second-order valence-electron chi connectivity index (χ2n) is 9.69. The Morgan fingerprint density at radius 1 is 1.27 bits per heavy atom. The summed E-state index contributed by atoms with van der Waals surface area (Å²) in [6.07, 6.45) is 5.03. The monoisotopic (exact) mass is 455 g/mol. The average molecular weight is 456 g/mol. The third-order valence-electron chi connectivity index (χ3n) is 7.98. The lowest BCUT2D eigenvalue weighted by atomic mass is 9.43. The topological polar surface area (TPSA) is 133 Å². The number of amides is 1. The largest absolute Gasteiger partial charge is 0.506 e. The van der Waals surface area contributed by atoms with Crippen LogP contribution in [-0.2, 0) is 14.3 Å². The van der Waals surface area contributed by atoms with Crippen molar-refractivity contribution < 1.29 is 34.4 Å². The van der Waals surface area contributed by atoms with Crippen LogP contribution in [0.2, 0.25) is 0 Å². The van der Waals surface area contributed by atoms with Crippen LogP contribution in [-0.4, -0.2) is 46.2 Å². The van der Waals surface area contributed by atoms with Crippen LogP contribution in [0.4, 0.5) is 5.69 Å². The molecule has 176 valence electrons. The molecule has 3 fully saturated rings. The van der Waals surface area contributed by atoms with E-state index in [-0.39, 0.29) is 41.7 Å². The molecule has 3 unspecified atom stereocenters. The molecule has 1 spiro atoms. The Balaban J connectivity index is 1.53. The fourth-order valence-corrected chi connectivity index (χ4v) is 6.02. The molecular formula is C25H29NO7. The number of fused-ring (bicyclic) bond motifs is 2. The SMILES string of the molecule is C=C1CC23C=CC(=O)[C@@](C)(CCC(=O)Nc4c(O)ccc(C(=O)OC)c4O)C2CC1C[C@H]3O. The van der Waals surface area contributed by atoms with Crippen LogP contribution < -0.4 is 5.32 Å². The van der Waals surface area contributed by atoms with E-state index in [0.717, 1.165) is 19.1 Å². The number of allylic oxidation sites excluding steroid dienone is 2. The maximum Gasteiger partial charge on any atom is 0.341 e. The van der Waals surface area contributed by atoms with Crippen LogP contribution in [0.5, 0.6) is 11.5 Å². The number of anilines is 1. The van der Waals surface area contributed by atoms with Crippen molar-refractivity contribution in [2.24, 2.45) is 22.7 Å². The van der Waals surface area contributed by atoms with Crippen LogP contribution in [0.3, 0.4) is 0 Å². The molecule has 0 radical (unpaired) electrons. The minimum atomic E-state index is -0.843. The van der Waals surface area contributed by atoms with Crippen LogP contribution in [0.1, 0.15) is 49.4 Å². The molecule has 1 aromatic carbocycles. The third-order valence-corrected chi connectivity index (χ3v) is 7.98. The Bertz CT molecular complexity index is 1080. The number of phenolic OH excluding ortho intramolecular Hbond substituents is 2. The molecule has 3 saturated carbocycles. The highest BCUT2D eigenvalue weighted by Gasteiger charge is 2.61. The molecule has 33 heavy (non-hydrogen) atoms. The van der Waals surface area contributed by atoms with Crippen molar-refractivity contribution in [1.29, 1.82) is 0 Å². The van der Waals surface area contributed by atoms with Gasteiger partial charge >= 0.3 is 5.97 Å². The van der Waals surface area contributed by atoms with Crippen molar-refractivity contribution in [2.75, 3.05) is 12.4 Å². The van der Waals surface area contributed by atoms with Gasteiger partial charge in [-0.3, -0.25) is 9.59 Å². The van der Waals surface area contributed by atoms with Gasteiger partial charge in [-0.2, -0.15) is 0 Å². The maximum absolute atomic E-state index is 13.0. The molecule has 5 atom stereocenters. The number of aliphatic hydroxyl groups is 1. The zero-order chi connectivity index (χ0) is 24.1. The minimum Gasteiger partial charge on any atom is -0.506 e. The number of aromatic hydroxyl groups is 2. The van der Waals surface area contributed by atoms with Crippen molar-refractivity contribution >= 4 is 23.3 Å². The predicted molar refractivity (Wildman–Crippen MR) is 120 cm³/mol. The highest BCUT2D eigenvalue weighted by atomic mass is 16.5. The van der Waals surface area contributed by atoms with Crippen LogP contribution in [0.15, 0.2) is 36.4 Å². The molecule has 0 saturated heterocycles. The highest BCUT2D eigenvalue weighted by Crippen LogP contribution is 2.64. The Hall–Kier alpha value is -3.13. The van der Waals surface area contributed by atoms with Crippen molar-refractivity contribution in [3.8, 4) is 11.5 Å². The van der Waals surface area contributed by atoms with Crippen molar-refractivity contribution in [2.45, 2.75) is 45.1 Å². The molecule has 8 heteroatoms. The third kappa shape index (κ3) is 3.53. The molecule has 0 aromatic heterocycles. The Morgan fingerprint density at radius 2 is 2.00 bits per heavy atom. The van der Waals surface area contributed by atoms with E-state index in [1.54, 1.807) is 0 Å². The number of ether oxygens (including phenoxy) is 1. The smallest absolute Gasteiger partial charge is 0.341 e. The van der Waals surface area contributed by atoms with Gasteiger partial charge in [-0.15, -0.1) is 0 Å². The summed E-state index contributed by atoms with van der Waals surface area (Å²) in [5.74, 6) is -2.35. The number of rotatable bonds is 5. The first kappa shape index (κ1) is 23.0. The van der Waals surface area contributed by atoms with E-state index in [0.29, 0.717) is 12.8 Å². The van der Waals surface area contributed by atoms with Gasteiger partial charge in [0.1, 0.15) is 17.0 Å². The molecule has 0 aliphatic heterocycles. The summed E-state index contributed by atoms with van der Waals surface area (Å²) in [6.45, 7) is 6.02. The summed E-state index contributed by atoms with van der Waals surface area (Å²) in [5, 5.41) is 33.7. The van der Waals surface area contributed by atoms with E-state index < -0.39 is 40.3 Å². The van der Waals surface area contributed by atoms with Crippen molar-refractivity contribution in [3.05, 3.63) is 42.0 Å². The highest BCUT2D eigenvalue weighted by molar-refractivity contribution is 6.01. The Kier molecular flexibility index (Phi) is 5.60. The molecule has 8 nitrogen and oxygen atoms in total. The molecule has 1 aromatic rings. The Labute approximate surface area is 191 Å². The number of esters is 1. The number of carbonyl (C=O) groups excluding carboxylic acids is 3. The van der Waals surface area contributed by atoms with Gasteiger partial charge in [-0.1, -0.05) is 25.2 Å². The van der Waals surface area contributed by atoms with E-state index in [4.69, 9.17) is 0 Å². The normalized spacial score (nSPS) is 32.4. The first-order valence-electron chi connectivity index (χ1n) is 11.1. The van der Waals surface area contributed by atoms with E-state index in [1.807, 2.05) is 13.0 Å².